The number of ether oxygens (including phenoxy) is 2. The summed E-state index contributed by atoms with van der Waals surface area (Å²) >= 11 is 0. The van der Waals surface area contributed by atoms with Crippen molar-refractivity contribution in [3.63, 3.8) is 0 Å². The average molecular weight is 361 g/mol. The minimum Gasteiger partial charge on any atom is -0.437 e. The molecule has 0 unspecified atom stereocenters. The van der Waals surface area contributed by atoms with Crippen LogP contribution in [-0.2, 0) is 9.47 Å². The van der Waals surface area contributed by atoms with Gasteiger partial charge in [0.15, 0.2) is 0 Å². The lowest BCUT2D eigenvalue weighted by atomic mass is 9.82. The lowest BCUT2D eigenvalue weighted by Crippen LogP contribution is -2.49. The van der Waals surface area contributed by atoms with Crippen LogP contribution >= 0.6 is 0 Å². The maximum Gasteiger partial charge on any atom is 0.376 e. The van der Waals surface area contributed by atoms with Gasteiger partial charge in [0.1, 0.15) is 0 Å². The lowest BCUT2D eigenvalue weighted by molar-refractivity contribution is 0.0299. The summed E-state index contributed by atoms with van der Waals surface area (Å²) in [7, 11) is -1.80. The van der Waals surface area contributed by atoms with E-state index in [1.165, 1.54) is 0 Å². The Balaban J connectivity index is 4.04. The number of nitrogens with one attached hydrogen (secondary N) is 1. The first-order valence-electron chi connectivity index (χ1n) is 8.90. The Labute approximate surface area is 152 Å². The van der Waals surface area contributed by atoms with Gasteiger partial charge in [0.05, 0.1) is 33.0 Å². The molecule has 0 aromatic rings. The highest BCUT2D eigenvalue weighted by molar-refractivity contribution is 6.46. The third-order valence-electron chi connectivity index (χ3n) is 3.70. The molecule has 0 rings (SSSR count). The normalized spacial score (nSPS) is 11.4. The van der Waals surface area contributed by atoms with Crippen LogP contribution in [0, 0.1) is 0 Å². The molecule has 0 bridgehead atoms. The summed E-state index contributed by atoms with van der Waals surface area (Å²) in [5.74, 6) is 0. The largest absolute Gasteiger partial charge is 0.437 e. The van der Waals surface area contributed by atoms with Crippen LogP contribution in [0.3, 0.4) is 0 Å². The molecular weight excluding hydrogens is 327 g/mol. The van der Waals surface area contributed by atoms with Crippen molar-refractivity contribution in [3.05, 3.63) is 0 Å². The summed E-state index contributed by atoms with van der Waals surface area (Å²) < 4.78 is 10.5. The molecule has 0 fully saturated rings. The van der Waals surface area contributed by atoms with E-state index in [0.29, 0.717) is 59.2 Å². The lowest BCUT2D eigenvalue weighted by Gasteiger charge is -2.29. The van der Waals surface area contributed by atoms with Gasteiger partial charge in [0.2, 0.25) is 0 Å². The molecule has 0 radical (unpaired) electrons. The minimum absolute atomic E-state index is 0.00230. The molecule has 0 aliphatic rings. The van der Waals surface area contributed by atoms with E-state index < -0.39 is 21.2 Å². The van der Waals surface area contributed by atoms with E-state index in [1.54, 1.807) is 20.5 Å². The molecule has 0 heterocycles. The fraction of sp³-hybridized carbons (Fsp3) is 1.00. The average Bonchev–Trinajstić information content (AvgIpc) is 2.53. The Morgan fingerprint density at radius 3 is 1.76 bits per heavy atom. The van der Waals surface area contributed by atoms with Crippen LogP contribution in [-0.4, -0.2) is 117 Å². The molecule has 0 aliphatic carbocycles. The molecule has 0 amide bonds. The van der Waals surface area contributed by atoms with E-state index in [2.05, 4.69) is 5.23 Å². The second kappa shape index (κ2) is 16.0. The molecule has 5 N–H and O–H groups in total. The second-order valence-corrected chi connectivity index (χ2v) is 5.91. The highest BCUT2D eigenvalue weighted by Crippen LogP contribution is 1.97. The summed E-state index contributed by atoms with van der Waals surface area (Å²) in [6.07, 6.45) is 0. The van der Waals surface area contributed by atoms with Crippen LogP contribution in [0.2, 0.25) is 20.5 Å². The first kappa shape index (κ1) is 24.8. The molecule has 9 nitrogen and oxygen atoms in total. The Kier molecular flexibility index (Phi) is 15.9. The molecule has 12 heteroatoms. The number of nitrogens with zero attached hydrogens (tertiary/aromatic N) is 2. The molecule has 0 saturated carbocycles. The van der Waals surface area contributed by atoms with E-state index in [1.807, 2.05) is 9.62 Å². The summed E-state index contributed by atoms with van der Waals surface area (Å²) in [5, 5.41) is 40.4. The van der Waals surface area contributed by atoms with Crippen LogP contribution in [0.25, 0.3) is 0 Å². The van der Waals surface area contributed by atoms with Crippen LogP contribution in [0.4, 0.5) is 0 Å². The van der Waals surface area contributed by atoms with Gasteiger partial charge in [-0.05, 0) is 27.0 Å². The van der Waals surface area contributed by atoms with Crippen LogP contribution in [0.1, 0.15) is 0 Å². The standard InChI is InChI=1S/C13H34B3N3O6/c1-14(21)17-4-5-18(15(2)22)6-7-19(16(3)23)8-10-24-12-13-25-11-9-20/h17,20-23H,4-13H2,1-3H3. The third-order valence-corrected chi connectivity index (χ3v) is 3.70. The highest BCUT2D eigenvalue weighted by atomic mass is 16.5. The van der Waals surface area contributed by atoms with Gasteiger partial charge in [-0.15, -0.1) is 0 Å². The minimum atomic E-state index is -0.610. The Bertz CT molecular complexity index is 306. The van der Waals surface area contributed by atoms with Gasteiger partial charge < -0.3 is 44.5 Å². The molecule has 146 valence electrons. The fourth-order valence-corrected chi connectivity index (χ4v) is 2.21. The number of aliphatic hydroxyl groups excluding tert-OH is 1. The van der Waals surface area contributed by atoms with Crippen molar-refractivity contribution in [1.29, 1.82) is 0 Å². The van der Waals surface area contributed by atoms with Crippen molar-refractivity contribution in [3.8, 4) is 0 Å². The smallest absolute Gasteiger partial charge is 0.376 e. The number of aliphatic hydroxyl groups is 1. The van der Waals surface area contributed by atoms with Crippen molar-refractivity contribution < 1.29 is 29.7 Å². The summed E-state index contributed by atoms with van der Waals surface area (Å²) in [4.78, 5) is 3.74. The maximum absolute atomic E-state index is 9.88. The Morgan fingerprint density at radius 2 is 1.28 bits per heavy atom. The molecule has 25 heavy (non-hydrogen) atoms. The number of hydrogen-bond acceptors (Lipinski definition) is 9. The monoisotopic (exact) mass is 361 g/mol. The van der Waals surface area contributed by atoms with Crippen molar-refractivity contribution in [2.45, 2.75) is 20.5 Å². The van der Waals surface area contributed by atoms with Crippen LogP contribution < -0.4 is 5.23 Å². The molecule has 0 aromatic heterocycles. The summed E-state index contributed by atoms with van der Waals surface area (Å²) in [5.41, 5.74) is 0. The first-order valence-corrected chi connectivity index (χ1v) is 8.90. The first-order chi connectivity index (χ1) is 11.9. The molecule has 0 aliphatic heterocycles. The van der Waals surface area contributed by atoms with E-state index in [9.17, 15) is 15.1 Å². The van der Waals surface area contributed by atoms with Gasteiger partial charge >= 0.3 is 21.2 Å². The number of rotatable bonds is 17. The second-order valence-electron chi connectivity index (χ2n) is 5.91. The molecule has 0 aromatic carbocycles. The maximum atomic E-state index is 9.88. The van der Waals surface area contributed by atoms with Crippen molar-refractivity contribution >= 4 is 21.2 Å². The zero-order chi connectivity index (χ0) is 19.1. The predicted molar refractivity (Wildman–Crippen MR) is 101 cm³/mol. The molecular formula is C13H34B3N3O6. The quantitative estimate of drug-likeness (QED) is 0.142. The van der Waals surface area contributed by atoms with Gasteiger partial charge in [0.25, 0.3) is 0 Å². The predicted octanol–water partition coefficient (Wildman–Crippen LogP) is -2.46. The van der Waals surface area contributed by atoms with Crippen LogP contribution in [0.15, 0.2) is 0 Å². The van der Waals surface area contributed by atoms with Crippen molar-refractivity contribution in [2.24, 2.45) is 0 Å². The highest BCUT2D eigenvalue weighted by Gasteiger charge is 2.20. The van der Waals surface area contributed by atoms with E-state index in [4.69, 9.17) is 14.6 Å². The van der Waals surface area contributed by atoms with Crippen molar-refractivity contribution in [2.75, 3.05) is 65.8 Å². The molecule has 0 atom stereocenters. The van der Waals surface area contributed by atoms with E-state index in [-0.39, 0.29) is 6.61 Å². The SMILES string of the molecule is CB(O)NCCN(CCN(CCOCCOCCO)B(C)O)B(C)O. The topological polar surface area (TPSA) is 118 Å². The third kappa shape index (κ3) is 14.7. The van der Waals surface area contributed by atoms with Gasteiger partial charge in [-0.25, -0.2) is 0 Å². The van der Waals surface area contributed by atoms with Gasteiger partial charge in [-0.2, -0.15) is 0 Å². The van der Waals surface area contributed by atoms with Gasteiger partial charge in [-0.1, -0.05) is 0 Å². The number of hydrogen-bond donors (Lipinski definition) is 5. The van der Waals surface area contributed by atoms with E-state index >= 15 is 0 Å². The molecule has 0 saturated heterocycles. The Morgan fingerprint density at radius 1 is 0.760 bits per heavy atom. The van der Waals surface area contributed by atoms with Crippen molar-refractivity contribution in [1.82, 2.24) is 14.8 Å². The zero-order valence-corrected chi connectivity index (χ0v) is 15.8. The van der Waals surface area contributed by atoms with Crippen LogP contribution in [0.5, 0.6) is 0 Å². The fourth-order valence-electron chi connectivity index (χ4n) is 2.21. The van der Waals surface area contributed by atoms with Gasteiger partial charge in [-0.3, -0.25) is 0 Å². The Hall–Kier alpha value is -0.165. The zero-order valence-electron chi connectivity index (χ0n) is 15.8. The summed E-state index contributed by atoms with van der Waals surface area (Å²) in [6.45, 7) is 9.59. The molecule has 0 spiro atoms. The van der Waals surface area contributed by atoms with E-state index in [0.717, 1.165) is 0 Å². The van der Waals surface area contributed by atoms with Gasteiger partial charge in [0, 0.05) is 26.2 Å². The summed E-state index contributed by atoms with van der Waals surface area (Å²) in [6, 6.07) is 0.